The Kier molecular flexibility index (Phi) is 13.7. The van der Waals surface area contributed by atoms with Crippen molar-refractivity contribution in [2.24, 2.45) is 0 Å². The summed E-state index contributed by atoms with van der Waals surface area (Å²) in [5, 5.41) is 10.9. The highest BCUT2D eigenvalue weighted by Crippen LogP contribution is 2.44. The van der Waals surface area contributed by atoms with Crippen molar-refractivity contribution in [3.63, 3.8) is 0 Å². The van der Waals surface area contributed by atoms with Gasteiger partial charge in [-0.25, -0.2) is 4.79 Å². The normalized spacial score (nSPS) is 16.5. The molecular weight excluding hydrogens is 762 g/mol. The van der Waals surface area contributed by atoms with Gasteiger partial charge in [0.2, 0.25) is 0 Å². The van der Waals surface area contributed by atoms with E-state index in [0.717, 1.165) is 16.7 Å². The number of carbonyl (C=O) groups excluding carboxylic acids is 2. The molecule has 1 fully saturated rings. The van der Waals surface area contributed by atoms with Crippen LogP contribution in [-0.2, 0) is 29.4 Å². The van der Waals surface area contributed by atoms with Crippen LogP contribution in [0, 0.1) is 17.0 Å². The predicted molar refractivity (Wildman–Crippen MR) is 215 cm³/mol. The molecule has 0 spiro atoms. The van der Waals surface area contributed by atoms with Gasteiger partial charge in [0.15, 0.2) is 6.23 Å². The number of hydrogen-bond donors (Lipinski definition) is 1. The van der Waals surface area contributed by atoms with Crippen molar-refractivity contribution in [1.29, 1.82) is 0 Å². The summed E-state index contributed by atoms with van der Waals surface area (Å²) in [4.78, 5) is 63.9. The molecule has 1 saturated heterocycles. The molecule has 4 aromatic carbocycles. The lowest BCUT2D eigenvalue weighted by Gasteiger charge is -2.43. The molecule has 1 aliphatic heterocycles. The monoisotopic (exact) mass is 807 g/mol. The number of carbonyl (C=O) groups is 2. The van der Waals surface area contributed by atoms with E-state index < -0.39 is 52.1 Å². The highest BCUT2D eigenvalue weighted by Gasteiger charge is 2.44. The van der Waals surface area contributed by atoms with E-state index in [1.54, 1.807) is 21.1 Å². The Hall–Kier alpha value is -6.58. The lowest BCUT2D eigenvalue weighted by Crippen LogP contribution is -2.49. The topological polar surface area (TPSA) is 188 Å². The summed E-state index contributed by atoms with van der Waals surface area (Å²) in [6.45, 7) is 1.56. The minimum absolute atomic E-state index is 0.000196. The molecule has 0 radical (unpaired) electrons. The van der Waals surface area contributed by atoms with Gasteiger partial charge in [-0.1, -0.05) is 61.0 Å². The van der Waals surface area contributed by atoms with E-state index in [-0.39, 0.29) is 42.9 Å². The zero-order valence-electron chi connectivity index (χ0n) is 32.9. The second kappa shape index (κ2) is 19.2. The maximum atomic E-state index is 13.5. The van der Waals surface area contributed by atoms with Crippen LogP contribution in [0.15, 0.2) is 119 Å². The molecule has 0 amide bonds. The van der Waals surface area contributed by atoms with Gasteiger partial charge in [0.25, 0.3) is 11.2 Å². The second-order valence-corrected chi connectivity index (χ2v) is 14.0. The number of ether oxygens (including phenoxy) is 6. The van der Waals surface area contributed by atoms with Gasteiger partial charge in [-0.15, -0.1) is 0 Å². The maximum Gasteiger partial charge on any atom is 0.330 e. The largest absolute Gasteiger partial charge is 0.497 e. The third kappa shape index (κ3) is 10.1. The second-order valence-electron chi connectivity index (χ2n) is 14.0. The summed E-state index contributed by atoms with van der Waals surface area (Å²) in [6, 6.07) is 30.0. The van der Waals surface area contributed by atoms with Crippen molar-refractivity contribution < 1.29 is 42.9 Å². The van der Waals surface area contributed by atoms with E-state index in [4.69, 9.17) is 28.4 Å². The Balaban J connectivity index is 1.21. The zero-order chi connectivity index (χ0) is 41.9. The summed E-state index contributed by atoms with van der Waals surface area (Å²) in [5.41, 5.74) is 0.0704. The van der Waals surface area contributed by atoms with Crippen LogP contribution in [-0.4, -0.2) is 59.4 Å². The van der Waals surface area contributed by atoms with Gasteiger partial charge >= 0.3 is 17.6 Å². The van der Waals surface area contributed by atoms with Gasteiger partial charge in [0.05, 0.1) is 31.9 Å². The predicted octanol–water partition coefficient (Wildman–Crippen LogP) is 6.53. The van der Waals surface area contributed by atoms with Crippen molar-refractivity contribution in [3.05, 3.63) is 163 Å². The van der Waals surface area contributed by atoms with Gasteiger partial charge in [-0.2, -0.15) is 0 Å². The van der Waals surface area contributed by atoms with E-state index in [1.165, 1.54) is 35.0 Å². The molecule has 15 heteroatoms. The van der Waals surface area contributed by atoms with Gasteiger partial charge in [-0.3, -0.25) is 34.0 Å². The molecule has 6 rings (SSSR count). The average molecular weight is 808 g/mol. The Morgan fingerprint density at radius 2 is 1.36 bits per heavy atom. The number of nitro benzene ring substituents is 1. The van der Waals surface area contributed by atoms with Crippen molar-refractivity contribution >= 4 is 17.6 Å². The number of benzene rings is 4. The fraction of sp³-hybridized carbons (Fsp3) is 0.318. The van der Waals surface area contributed by atoms with Crippen LogP contribution in [0.1, 0.15) is 67.0 Å². The van der Waals surface area contributed by atoms with E-state index in [1.807, 2.05) is 78.9 Å². The lowest BCUT2D eigenvalue weighted by molar-refractivity contribution is -0.384. The molecule has 1 aromatic heterocycles. The molecule has 0 aliphatic carbocycles. The minimum Gasteiger partial charge on any atom is -0.497 e. The Labute approximate surface area is 339 Å². The van der Waals surface area contributed by atoms with E-state index >= 15 is 0 Å². The average Bonchev–Trinajstić information content (AvgIpc) is 3.25. The zero-order valence-corrected chi connectivity index (χ0v) is 32.9. The maximum absolute atomic E-state index is 13.5. The fourth-order valence-electron chi connectivity index (χ4n) is 7.02. The number of nitro groups is 1. The van der Waals surface area contributed by atoms with Crippen molar-refractivity contribution in [2.45, 2.75) is 69.5 Å². The number of aromatic nitrogens is 2. The summed E-state index contributed by atoms with van der Waals surface area (Å²) in [7, 11) is 3.18. The van der Waals surface area contributed by atoms with Crippen molar-refractivity contribution in [3.8, 4) is 17.2 Å². The van der Waals surface area contributed by atoms with Gasteiger partial charge < -0.3 is 28.4 Å². The first-order chi connectivity index (χ1) is 28.5. The standard InChI is InChI=1S/C44H45N3O12/c1-29-27-46(43(51)45-41(29)50)42-38(58-40(49)13-9-5-8-12-39(48)57-36-24-18-33(19-25-36)47(52)53)26-37(28-56-42)59-44(30-10-6-4-7-11-30,31-14-20-34(54-2)21-15-31)32-16-22-35(55-3)23-17-32/h4,6-7,10-11,14-25,27,37-38,42H,5,8-9,12-13,26,28H2,1-3H3,(H,45,50,51)/t37-,38+,42+/m0/s1. The number of nitrogens with one attached hydrogen (secondary N) is 1. The molecule has 308 valence electrons. The first-order valence-corrected chi connectivity index (χ1v) is 19.1. The summed E-state index contributed by atoms with van der Waals surface area (Å²) in [6.07, 6.45) is 0.132. The number of aryl methyl sites for hydroxylation is 1. The number of hydrogen-bond acceptors (Lipinski definition) is 12. The van der Waals surface area contributed by atoms with Crippen molar-refractivity contribution in [1.82, 2.24) is 9.55 Å². The van der Waals surface area contributed by atoms with Gasteiger partial charge in [0.1, 0.15) is 29.0 Å². The number of aromatic amines is 1. The smallest absolute Gasteiger partial charge is 0.330 e. The number of H-pyrrole nitrogens is 1. The lowest BCUT2D eigenvalue weighted by atomic mass is 9.79. The number of unbranched alkanes of at least 4 members (excludes halogenated alkanes) is 2. The van der Waals surface area contributed by atoms with Gasteiger partial charge in [0, 0.05) is 43.2 Å². The number of rotatable bonds is 17. The molecule has 0 saturated carbocycles. The summed E-state index contributed by atoms with van der Waals surface area (Å²) >= 11 is 0. The quantitative estimate of drug-likeness (QED) is 0.0268. The highest BCUT2D eigenvalue weighted by molar-refractivity contribution is 5.72. The molecule has 3 atom stereocenters. The molecule has 59 heavy (non-hydrogen) atoms. The van der Waals surface area contributed by atoms with Crippen LogP contribution in [0.4, 0.5) is 5.69 Å². The third-order valence-electron chi connectivity index (χ3n) is 10.0. The molecule has 0 bridgehead atoms. The minimum atomic E-state index is -1.21. The van der Waals surface area contributed by atoms with Crippen LogP contribution >= 0.6 is 0 Å². The first-order valence-electron chi connectivity index (χ1n) is 19.1. The van der Waals surface area contributed by atoms with E-state index in [9.17, 15) is 29.3 Å². The first kappa shape index (κ1) is 42.0. The highest BCUT2D eigenvalue weighted by atomic mass is 16.6. The number of esters is 2. The molecule has 0 unspecified atom stereocenters. The third-order valence-corrected chi connectivity index (χ3v) is 10.0. The Morgan fingerprint density at radius 1 is 0.797 bits per heavy atom. The molecule has 1 aliphatic rings. The SMILES string of the molecule is COc1ccc(C(O[C@@H]2CO[C@@H](n3cc(C)c(=O)[nH]c3=O)[C@H](OC(=O)CCCCCC(=O)Oc3ccc([N+](=O)[O-])cc3)C2)(c2ccccc2)c2ccc(OC)cc2)cc1. The fourth-order valence-corrected chi connectivity index (χ4v) is 7.02. The number of methoxy groups -OCH3 is 2. The van der Waals surface area contributed by atoms with Crippen LogP contribution in [0.3, 0.4) is 0 Å². The number of nitrogens with zero attached hydrogens (tertiary/aromatic N) is 2. The molecule has 2 heterocycles. The van der Waals surface area contributed by atoms with Crippen molar-refractivity contribution in [2.75, 3.05) is 20.8 Å². The molecule has 15 nitrogen and oxygen atoms in total. The Morgan fingerprint density at radius 3 is 1.93 bits per heavy atom. The van der Waals surface area contributed by atoms with Crippen LogP contribution in [0.25, 0.3) is 0 Å². The molecular formula is C44H45N3O12. The summed E-state index contributed by atoms with van der Waals surface area (Å²) in [5.74, 6) is 0.454. The number of non-ortho nitro benzene ring substituents is 1. The van der Waals surface area contributed by atoms with E-state index in [2.05, 4.69) is 4.98 Å². The summed E-state index contributed by atoms with van der Waals surface area (Å²) < 4.78 is 37.1. The molecule has 1 N–H and O–H groups in total. The van der Waals surface area contributed by atoms with Crippen LogP contribution in [0.2, 0.25) is 0 Å². The Bertz CT molecular complexity index is 2280. The van der Waals surface area contributed by atoms with Crippen LogP contribution in [0.5, 0.6) is 17.2 Å². The molecule has 5 aromatic rings. The van der Waals surface area contributed by atoms with E-state index in [0.29, 0.717) is 30.8 Å². The van der Waals surface area contributed by atoms with Gasteiger partial charge in [-0.05, 0) is 72.9 Å². The van der Waals surface area contributed by atoms with Crippen LogP contribution < -0.4 is 25.5 Å².